The molecule has 0 radical (unpaired) electrons. The Morgan fingerprint density at radius 1 is 1.10 bits per heavy atom. The van der Waals surface area contributed by atoms with Gasteiger partial charge in [-0.3, -0.25) is 0 Å². The molecule has 0 atom stereocenters. The van der Waals surface area contributed by atoms with Crippen LogP contribution in [0.2, 0.25) is 0.515 Å². The van der Waals surface area contributed by atoms with Gasteiger partial charge in [0.2, 0.25) is 0 Å². The van der Waals surface area contributed by atoms with Crippen molar-refractivity contribution in [3.63, 3.8) is 0 Å². The van der Waals surface area contributed by atoms with E-state index in [-0.39, 0.29) is 0 Å². The molecule has 0 rings (SSSR count). The summed E-state index contributed by atoms with van der Waals surface area (Å²) in [6, 6.07) is 0. The van der Waals surface area contributed by atoms with Gasteiger partial charge in [-0.15, -0.1) is 0 Å². The van der Waals surface area contributed by atoms with E-state index in [1.54, 1.807) is 0 Å². The molecular weight excluding hydrogens is 151 g/mol. The molecule has 0 heterocycles. The van der Waals surface area contributed by atoms with Gasteiger partial charge in [0.1, 0.15) is 0 Å². The maximum atomic E-state index is 8.14. The van der Waals surface area contributed by atoms with Crippen molar-refractivity contribution in [3.8, 4) is 0 Å². The molecule has 0 aliphatic heterocycles. The van der Waals surface area contributed by atoms with Crippen molar-refractivity contribution in [1.29, 1.82) is 0 Å². The fraction of sp³-hybridized carbons (Fsp3) is 1.00. The van der Waals surface area contributed by atoms with Crippen LogP contribution >= 0.6 is 0 Å². The normalized spacial score (nSPS) is 9.70. The van der Waals surface area contributed by atoms with E-state index in [0.717, 1.165) is 54.9 Å². The van der Waals surface area contributed by atoms with Gasteiger partial charge in [-0.2, -0.15) is 0 Å². The first kappa shape index (κ1) is 14.1. The predicted molar refractivity (Wildman–Crippen MR) is 47.3 cm³/mol. The third-order valence-corrected chi connectivity index (χ3v) is 3.73. The minimum absolute atomic E-state index is 0.306. The Labute approximate surface area is 99.2 Å². The second kappa shape index (κ2) is 10.6. The van der Waals surface area contributed by atoms with Gasteiger partial charge < -0.3 is 5.11 Å². The molecule has 0 aromatic carbocycles. The molecule has 10 heavy (non-hydrogen) atoms. The van der Waals surface area contributed by atoms with Gasteiger partial charge >= 0.3 is 69.2 Å². The third-order valence-electron chi connectivity index (χ3n) is 1.18. The maximum absolute atomic E-state index is 8.14. The van der Waals surface area contributed by atoms with E-state index in [1.165, 1.54) is 0.515 Å². The van der Waals surface area contributed by atoms with Crippen LogP contribution in [-0.2, 0) is 0 Å². The van der Waals surface area contributed by atoms with Crippen LogP contribution < -0.4 is 0 Å². The topological polar surface area (TPSA) is 20.2 Å². The van der Waals surface area contributed by atoms with E-state index in [9.17, 15) is 0 Å². The summed E-state index contributed by atoms with van der Waals surface area (Å²) in [7, 11) is 0. The Kier molecular flexibility index (Phi) is 15.0. The molecule has 0 bridgehead atoms. The number of aliphatic hydroxyl groups is 1. The van der Waals surface area contributed by atoms with E-state index in [4.69, 9.17) is 5.11 Å². The molecule has 58 valence electrons. The quantitative estimate of drug-likeness (QED) is 0.627. The average Bonchev–Trinajstić information content (AvgIpc) is 1.89. The Hall–Kier alpha value is 1.60. The summed E-state index contributed by atoms with van der Waals surface area (Å²) < 4.78 is 1.49. The van der Waals surface area contributed by atoms with Crippen molar-refractivity contribution in [3.05, 3.63) is 0 Å². The summed E-state index contributed by atoms with van der Waals surface area (Å²) in [4.78, 5) is 0. The van der Waals surface area contributed by atoms with Crippen molar-refractivity contribution < 1.29 is 5.11 Å². The van der Waals surface area contributed by atoms with Gasteiger partial charge in [-0.05, 0) is 5.92 Å². The van der Waals surface area contributed by atoms with Crippen molar-refractivity contribution in [2.24, 2.45) is 11.8 Å². The van der Waals surface area contributed by atoms with Crippen LogP contribution in [-0.4, -0.2) is 60.7 Å². The van der Waals surface area contributed by atoms with E-state index in [2.05, 4.69) is 13.8 Å². The molecule has 1 nitrogen and oxygen atoms in total. The standard InChI is InChI=1S/C4H10O.C4H9.K/c1-4(2)3-5;1-4(2)3;/h4-5H,3H2,1-2H3;4H,1H2,2-3H3;. The fourth-order valence-electron chi connectivity index (χ4n) is 0. The average molecular weight is 170 g/mol. The Bertz CT molecular complexity index is 45.2. The minimum atomic E-state index is 0.306. The molecule has 0 unspecified atom stereocenters. The molecule has 1 N–H and O–H groups in total. The van der Waals surface area contributed by atoms with Crippen LogP contribution in [0, 0.1) is 11.8 Å². The first-order valence-corrected chi connectivity index (χ1v) is 6.36. The van der Waals surface area contributed by atoms with E-state index in [1.807, 2.05) is 13.8 Å². The Morgan fingerprint density at radius 3 is 1.30 bits per heavy atom. The van der Waals surface area contributed by atoms with Gasteiger partial charge in [0, 0.05) is 6.61 Å². The zero-order valence-corrected chi connectivity index (χ0v) is 11.1. The van der Waals surface area contributed by atoms with Crippen molar-refractivity contribution in [2.45, 2.75) is 28.2 Å². The molecule has 2 heteroatoms. The van der Waals surface area contributed by atoms with Crippen LogP contribution in [0.4, 0.5) is 0 Å². The molecule has 0 spiro atoms. The molecule has 0 fully saturated rings. The second-order valence-corrected chi connectivity index (χ2v) is 4.65. The molecule has 0 amide bonds. The first-order valence-electron chi connectivity index (χ1n) is 4.15. The number of rotatable bonds is 2. The molecule has 0 aliphatic carbocycles. The van der Waals surface area contributed by atoms with Gasteiger partial charge in [-0.1, -0.05) is 13.8 Å². The summed E-state index contributed by atoms with van der Waals surface area (Å²) in [5, 5.41) is 8.14. The molecule has 0 aromatic heterocycles. The van der Waals surface area contributed by atoms with Crippen molar-refractivity contribution in [2.75, 3.05) is 6.61 Å². The second-order valence-electron chi connectivity index (χ2n) is 3.38. The summed E-state index contributed by atoms with van der Waals surface area (Å²) in [6.45, 7) is 8.79. The molecule has 0 aliphatic rings. The molecular formula is C8H19KO. The van der Waals surface area contributed by atoms with Crippen LogP contribution in [0.3, 0.4) is 0 Å². The first-order chi connectivity index (χ1) is 4.54. The van der Waals surface area contributed by atoms with Gasteiger partial charge in [0.25, 0.3) is 0 Å². The zero-order valence-electron chi connectivity index (χ0n) is 8.02. The van der Waals surface area contributed by atoms with E-state index >= 15 is 0 Å². The van der Waals surface area contributed by atoms with E-state index in [0.29, 0.717) is 12.5 Å². The Balaban J connectivity index is 0. The van der Waals surface area contributed by atoms with Crippen molar-refractivity contribution >= 4 is 49.0 Å². The predicted octanol–water partition coefficient (Wildman–Crippen LogP) is 1.86. The fourth-order valence-corrected chi connectivity index (χ4v) is 0. The van der Waals surface area contributed by atoms with Gasteiger partial charge in [-0.25, -0.2) is 0 Å². The van der Waals surface area contributed by atoms with E-state index < -0.39 is 0 Å². The summed E-state index contributed by atoms with van der Waals surface area (Å²) >= 11 is 1.08. The van der Waals surface area contributed by atoms with Gasteiger partial charge in [0.05, 0.1) is 0 Å². The third kappa shape index (κ3) is 22.6. The summed E-state index contributed by atoms with van der Waals surface area (Å²) in [5.41, 5.74) is 0. The monoisotopic (exact) mass is 170 g/mol. The molecule has 0 saturated carbocycles. The summed E-state index contributed by atoms with van der Waals surface area (Å²) in [5.74, 6) is 1.41. The summed E-state index contributed by atoms with van der Waals surface area (Å²) in [6.07, 6.45) is 0. The molecule has 0 aromatic rings. The number of hydrogen-bond acceptors (Lipinski definition) is 1. The van der Waals surface area contributed by atoms with Crippen LogP contribution in [0.5, 0.6) is 0 Å². The van der Waals surface area contributed by atoms with Crippen LogP contribution in [0.1, 0.15) is 27.7 Å². The number of hydrogen-bond donors (Lipinski definition) is 1. The zero-order chi connectivity index (χ0) is 8.57. The number of aliphatic hydroxyl groups excluding tert-OH is 1. The van der Waals surface area contributed by atoms with Crippen LogP contribution in [0.15, 0.2) is 0 Å². The van der Waals surface area contributed by atoms with Crippen LogP contribution in [0.25, 0.3) is 0 Å². The van der Waals surface area contributed by atoms with Crippen molar-refractivity contribution in [1.82, 2.24) is 0 Å². The molecule has 0 saturated heterocycles. The Morgan fingerprint density at radius 2 is 1.30 bits per heavy atom. The SMILES string of the molecule is CC(C)CO.CC(C)[CH2][K]. The van der Waals surface area contributed by atoms with Gasteiger partial charge in [0.15, 0.2) is 0 Å².